The number of benzene rings is 1. The Morgan fingerprint density at radius 3 is 2.37 bits per heavy atom. The molecule has 0 aromatic heterocycles. The third-order valence-electron chi connectivity index (χ3n) is 4.12. The predicted molar refractivity (Wildman–Crippen MR) is 105 cm³/mol. The topological polar surface area (TPSA) is 92.8 Å². The zero-order chi connectivity index (χ0) is 20.6. The van der Waals surface area contributed by atoms with E-state index in [0.29, 0.717) is 36.7 Å². The molecule has 0 unspecified atom stereocenters. The Balaban J connectivity index is 2.81. The fourth-order valence-electron chi connectivity index (χ4n) is 2.42. The first-order valence-electron chi connectivity index (χ1n) is 9.18. The second-order valence-electron chi connectivity index (χ2n) is 6.71. The van der Waals surface area contributed by atoms with Crippen LogP contribution in [0.15, 0.2) is 23.1 Å². The predicted octanol–water partition coefficient (Wildman–Crippen LogP) is 2.94. The minimum Gasteiger partial charge on any atom is -0.456 e. The van der Waals surface area contributed by atoms with Crippen molar-refractivity contribution in [2.75, 3.05) is 25.0 Å². The molecular weight excluding hydrogens is 368 g/mol. The van der Waals surface area contributed by atoms with Crippen LogP contribution in [-0.4, -0.2) is 44.3 Å². The molecule has 0 atom stereocenters. The van der Waals surface area contributed by atoms with Gasteiger partial charge in [0.1, 0.15) is 0 Å². The van der Waals surface area contributed by atoms with E-state index in [1.165, 1.54) is 16.4 Å². The van der Waals surface area contributed by atoms with Gasteiger partial charge >= 0.3 is 5.97 Å². The summed E-state index contributed by atoms with van der Waals surface area (Å²) in [4.78, 5) is 23.8. The number of rotatable bonds is 10. The number of esters is 1. The van der Waals surface area contributed by atoms with Crippen LogP contribution in [0.5, 0.6) is 0 Å². The van der Waals surface area contributed by atoms with E-state index in [1.807, 2.05) is 13.8 Å². The van der Waals surface area contributed by atoms with E-state index in [0.717, 1.165) is 0 Å². The number of amides is 1. The molecule has 0 aliphatic carbocycles. The molecule has 1 rings (SSSR count). The van der Waals surface area contributed by atoms with Crippen LogP contribution in [0.3, 0.4) is 0 Å². The molecule has 1 aromatic rings. The molecule has 152 valence electrons. The first kappa shape index (κ1) is 23.1. The molecule has 8 heteroatoms. The zero-order valence-corrected chi connectivity index (χ0v) is 17.6. The van der Waals surface area contributed by atoms with Gasteiger partial charge in [-0.25, -0.2) is 8.42 Å². The van der Waals surface area contributed by atoms with Gasteiger partial charge in [-0.1, -0.05) is 33.8 Å². The zero-order valence-electron chi connectivity index (χ0n) is 16.7. The summed E-state index contributed by atoms with van der Waals surface area (Å²) in [6.07, 6.45) is 0.965. The Morgan fingerprint density at radius 2 is 1.81 bits per heavy atom. The normalized spacial score (nSPS) is 11.7. The van der Waals surface area contributed by atoms with E-state index in [4.69, 9.17) is 4.74 Å². The molecule has 0 saturated heterocycles. The highest BCUT2D eigenvalue weighted by molar-refractivity contribution is 7.89. The molecule has 0 bridgehead atoms. The van der Waals surface area contributed by atoms with Gasteiger partial charge in [-0.15, -0.1) is 0 Å². The highest BCUT2D eigenvalue weighted by Crippen LogP contribution is 2.23. The van der Waals surface area contributed by atoms with Gasteiger partial charge in [0.05, 0.1) is 4.90 Å². The molecule has 0 radical (unpaired) electrons. The first-order valence-corrected chi connectivity index (χ1v) is 10.6. The molecule has 7 nitrogen and oxygen atoms in total. The maximum absolute atomic E-state index is 12.6. The van der Waals surface area contributed by atoms with Crippen LogP contribution in [0.2, 0.25) is 0 Å². The summed E-state index contributed by atoms with van der Waals surface area (Å²) in [5.41, 5.74) is 1.10. The van der Waals surface area contributed by atoms with E-state index in [2.05, 4.69) is 5.32 Å². The van der Waals surface area contributed by atoms with Gasteiger partial charge in [-0.3, -0.25) is 9.59 Å². The van der Waals surface area contributed by atoms with Crippen molar-refractivity contribution < 1.29 is 22.7 Å². The highest BCUT2D eigenvalue weighted by atomic mass is 32.2. The van der Waals surface area contributed by atoms with Crippen molar-refractivity contribution in [3.05, 3.63) is 23.8 Å². The van der Waals surface area contributed by atoms with E-state index in [1.54, 1.807) is 26.8 Å². The van der Waals surface area contributed by atoms with Crippen molar-refractivity contribution in [3.8, 4) is 0 Å². The van der Waals surface area contributed by atoms with Gasteiger partial charge in [0.2, 0.25) is 10.0 Å². The van der Waals surface area contributed by atoms with Gasteiger partial charge in [-0.05, 0) is 37.0 Å². The van der Waals surface area contributed by atoms with Crippen LogP contribution in [-0.2, 0) is 24.3 Å². The summed E-state index contributed by atoms with van der Waals surface area (Å²) in [5, 5.41) is 2.62. The molecule has 1 amide bonds. The molecule has 0 saturated carbocycles. The minimum atomic E-state index is -3.62. The number of nitrogens with zero attached hydrogens (tertiary/aromatic N) is 1. The van der Waals surface area contributed by atoms with Gasteiger partial charge in [-0.2, -0.15) is 4.31 Å². The lowest BCUT2D eigenvalue weighted by Gasteiger charge is -2.19. The molecule has 27 heavy (non-hydrogen) atoms. The third-order valence-corrected chi connectivity index (χ3v) is 6.16. The molecule has 0 heterocycles. The van der Waals surface area contributed by atoms with Crippen molar-refractivity contribution in [1.82, 2.24) is 4.31 Å². The van der Waals surface area contributed by atoms with Gasteiger partial charge in [0.15, 0.2) is 6.61 Å². The summed E-state index contributed by atoms with van der Waals surface area (Å²) in [6, 6.07) is 4.59. The SMILES string of the molecule is CCN(CC)S(=O)(=O)c1ccc(C)c(NC(=O)COC(=O)CCC(C)C)c1. The Morgan fingerprint density at radius 1 is 1.19 bits per heavy atom. The number of aryl methyl sites for hydroxylation is 1. The molecule has 0 fully saturated rings. The quantitative estimate of drug-likeness (QED) is 0.612. The summed E-state index contributed by atoms with van der Waals surface area (Å²) < 4.78 is 31.6. The Kier molecular flexibility index (Phi) is 8.92. The number of sulfonamides is 1. The maximum atomic E-state index is 12.6. The number of nitrogens with one attached hydrogen (secondary N) is 1. The van der Waals surface area contributed by atoms with Crippen molar-refractivity contribution in [3.63, 3.8) is 0 Å². The molecule has 0 aliphatic heterocycles. The van der Waals surface area contributed by atoms with Crippen molar-refractivity contribution >= 4 is 27.6 Å². The molecule has 0 spiro atoms. The lowest BCUT2D eigenvalue weighted by atomic mass is 10.1. The minimum absolute atomic E-state index is 0.112. The van der Waals surface area contributed by atoms with Crippen molar-refractivity contribution in [1.29, 1.82) is 0 Å². The summed E-state index contributed by atoms with van der Waals surface area (Å²) >= 11 is 0. The Bertz CT molecular complexity index is 755. The lowest BCUT2D eigenvalue weighted by molar-refractivity contribution is -0.147. The lowest BCUT2D eigenvalue weighted by Crippen LogP contribution is -2.30. The van der Waals surface area contributed by atoms with Crippen LogP contribution in [0.1, 0.15) is 46.1 Å². The maximum Gasteiger partial charge on any atom is 0.306 e. The summed E-state index contributed by atoms with van der Waals surface area (Å²) in [6.45, 7) is 9.63. The third kappa shape index (κ3) is 6.95. The number of hydrogen-bond donors (Lipinski definition) is 1. The average Bonchev–Trinajstić information content (AvgIpc) is 2.60. The van der Waals surface area contributed by atoms with Gasteiger partial charge in [0, 0.05) is 25.2 Å². The number of carbonyl (C=O) groups is 2. The van der Waals surface area contributed by atoms with E-state index in [9.17, 15) is 18.0 Å². The van der Waals surface area contributed by atoms with Crippen LogP contribution in [0.4, 0.5) is 5.69 Å². The molecule has 0 aliphatic rings. The smallest absolute Gasteiger partial charge is 0.306 e. The van der Waals surface area contributed by atoms with Crippen LogP contribution in [0, 0.1) is 12.8 Å². The number of carbonyl (C=O) groups excluding carboxylic acids is 2. The summed E-state index contributed by atoms with van der Waals surface area (Å²) in [7, 11) is -3.62. The second kappa shape index (κ2) is 10.4. The Labute approximate surface area is 162 Å². The van der Waals surface area contributed by atoms with Crippen LogP contribution < -0.4 is 5.32 Å². The summed E-state index contributed by atoms with van der Waals surface area (Å²) in [5.74, 6) is -0.550. The molecule has 1 N–H and O–H groups in total. The average molecular weight is 399 g/mol. The van der Waals surface area contributed by atoms with Crippen molar-refractivity contribution in [2.45, 2.75) is 52.4 Å². The van der Waals surface area contributed by atoms with Gasteiger partial charge in [0.25, 0.3) is 5.91 Å². The first-order chi connectivity index (χ1) is 12.6. The molecule has 1 aromatic carbocycles. The van der Waals surface area contributed by atoms with E-state index >= 15 is 0 Å². The highest BCUT2D eigenvalue weighted by Gasteiger charge is 2.22. The Hall–Kier alpha value is -1.93. The van der Waals surface area contributed by atoms with Crippen LogP contribution in [0.25, 0.3) is 0 Å². The van der Waals surface area contributed by atoms with Crippen LogP contribution >= 0.6 is 0 Å². The number of hydrogen-bond acceptors (Lipinski definition) is 5. The van der Waals surface area contributed by atoms with Crippen molar-refractivity contribution in [2.24, 2.45) is 5.92 Å². The largest absolute Gasteiger partial charge is 0.456 e. The standard InChI is InChI=1S/C19H30N2O5S/c1-6-21(7-2)27(24,25)16-10-9-15(5)17(12-16)20-18(22)13-26-19(23)11-8-14(3)4/h9-10,12,14H,6-8,11,13H2,1-5H3,(H,20,22). The number of anilines is 1. The second-order valence-corrected chi connectivity index (χ2v) is 8.65. The fourth-order valence-corrected chi connectivity index (χ4v) is 3.90. The number of ether oxygens (including phenoxy) is 1. The monoisotopic (exact) mass is 398 g/mol. The van der Waals surface area contributed by atoms with Gasteiger partial charge < -0.3 is 10.1 Å². The molecular formula is C19H30N2O5S. The van der Waals surface area contributed by atoms with E-state index in [-0.39, 0.29) is 11.3 Å². The fraction of sp³-hybridized carbons (Fsp3) is 0.579. The van der Waals surface area contributed by atoms with E-state index < -0.39 is 28.5 Å².